The maximum atomic E-state index is 10.4. The largest absolute Gasteiger partial charge is 1.00 e. The summed E-state index contributed by atoms with van der Waals surface area (Å²) in [4.78, 5) is -2.40. The molecule has 0 aromatic rings. The first-order valence-electron chi connectivity index (χ1n) is 3.11. The van der Waals surface area contributed by atoms with Gasteiger partial charge in [-0.25, -0.2) is 8.42 Å². The molecule has 2 N–H and O–H groups in total. The zero-order chi connectivity index (χ0) is 9.41. The van der Waals surface area contributed by atoms with Gasteiger partial charge in [-0.2, -0.15) is 0 Å². The molecule has 68 valence electrons. The summed E-state index contributed by atoms with van der Waals surface area (Å²) >= 11 is 0. The van der Waals surface area contributed by atoms with Gasteiger partial charge in [-0.05, 0) is 18.2 Å². The van der Waals surface area contributed by atoms with Crippen LogP contribution in [-0.2, 0) is 10.1 Å². The fraction of sp³-hybridized carbons (Fsp3) is 0.333. The predicted molar refractivity (Wildman–Crippen MR) is 39.1 cm³/mol. The van der Waals surface area contributed by atoms with Crippen molar-refractivity contribution in [2.45, 2.75) is 11.4 Å². The molecule has 0 fully saturated rings. The van der Waals surface area contributed by atoms with Gasteiger partial charge in [-0.15, -0.1) is 0 Å². The van der Waals surface area contributed by atoms with Crippen LogP contribution < -0.4 is 29.6 Å². The third kappa shape index (κ3) is 2.80. The standard InChI is InChI=1S/C6H8O5S.Na/c7-5-1-3-6(8,4-2-5)12(9,10)11;/h1-3,7-8H,4H2,(H,9,10,11);/q;+1/p-1. The summed E-state index contributed by atoms with van der Waals surface area (Å²) in [5, 5.41) is 18.0. The monoisotopic (exact) mass is 214 g/mol. The molecule has 13 heavy (non-hydrogen) atoms. The molecular formula is C6H7NaO5S. The average Bonchev–Trinajstić information content (AvgIpc) is 1.93. The molecular weight excluding hydrogens is 207 g/mol. The number of hydrogen-bond donors (Lipinski definition) is 2. The minimum absolute atomic E-state index is 0. The Kier molecular flexibility index (Phi) is 4.17. The van der Waals surface area contributed by atoms with Crippen molar-refractivity contribution < 1.29 is 52.7 Å². The van der Waals surface area contributed by atoms with Crippen LogP contribution in [-0.4, -0.2) is 28.1 Å². The van der Waals surface area contributed by atoms with Crippen LogP contribution >= 0.6 is 0 Å². The van der Waals surface area contributed by atoms with Crippen molar-refractivity contribution in [1.29, 1.82) is 0 Å². The molecule has 0 bridgehead atoms. The van der Waals surface area contributed by atoms with Crippen molar-refractivity contribution in [3.63, 3.8) is 0 Å². The maximum absolute atomic E-state index is 10.4. The summed E-state index contributed by atoms with van der Waals surface area (Å²) in [6.07, 6.45) is 2.39. The summed E-state index contributed by atoms with van der Waals surface area (Å²) < 4.78 is 31.3. The molecule has 0 radical (unpaired) electrons. The SMILES string of the molecule is O=S(=O)([O-])C1(O)C=CC(O)=CC1.[Na+]. The zero-order valence-corrected chi connectivity index (χ0v) is 9.78. The number of allylic oxidation sites excluding steroid dienone is 1. The van der Waals surface area contributed by atoms with Crippen LogP contribution in [0.5, 0.6) is 0 Å². The van der Waals surface area contributed by atoms with Crippen LogP contribution in [0, 0.1) is 0 Å². The van der Waals surface area contributed by atoms with Crippen molar-refractivity contribution in [3.05, 3.63) is 24.0 Å². The Hall–Kier alpha value is 0.150. The van der Waals surface area contributed by atoms with E-state index in [9.17, 15) is 18.1 Å². The van der Waals surface area contributed by atoms with Crippen LogP contribution in [0.4, 0.5) is 0 Å². The van der Waals surface area contributed by atoms with Crippen molar-refractivity contribution in [3.8, 4) is 0 Å². The summed E-state index contributed by atoms with van der Waals surface area (Å²) in [5.41, 5.74) is 0. The van der Waals surface area contributed by atoms with E-state index >= 15 is 0 Å². The second-order valence-electron chi connectivity index (χ2n) is 2.47. The Morgan fingerprint density at radius 3 is 2.38 bits per heavy atom. The smallest absolute Gasteiger partial charge is 0.745 e. The maximum Gasteiger partial charge on any atom is 1.00 e. The Morgan fingerprint density at radius 1 is 1.54 bits per heavy atom. The van der Waals surface area contributed by atoms with E-state index in [1.54, 1.807) is 0 Å². The molecule has 1 atom stereocenters. The first-order valence-corrected chi connectivity index (χ1v) is 4.52. The minimum atomic E-state index is -4.79. The van der Waals surface area contributed by atoms with E-state index in [1.165, 1.54) is 0 Å². The molecule has 0 amide bonds. The van der Waals surface area contributed by atoms with E-state index in [-0.39, 0.29) is 35.3 Å². The van der Waals surface area contributed by atoms with Gasteiger partial charge in [-0.3, -0.25) is 0 Å². The third-order valence-electron chi connectivity index (χ3n) is 1.55. The molecule has 0 saturated carbocycles. The van der Waals surface area contributed by atoms with Gasteiger partial charge in [0.15, 0.2) is 4.93 Å². The van der Waals surface area contributed by atoms with Crippen molar-refractivity contribution in [2.75, 3.05) is 0 Å². The molecule has 0 aromatic carbocycles. The second-order valence-corrected chi connectivity index (χ2v) is 4.08. The van der Waals surface area contributed by atoms with Gasteiger partial charge in [0.05, 0.1) is 0 Å². The molecule has 0 saturated heterocycles. The molecule has 0 aliphatic heterocycles. The minimum Gasteiger partial charge on any atom is -0.745 e. The van der Waals surface area contributed by atoms with Crippen LogP contribution in [0.1, 0.15) is 6.42 Å². The average molecular weight is 214 g/mol. The quantitative estimate of drug-likeness (QED) is 0.350. The molecule has 7 heteroatoms. The van der Waals surface area contributed by atoms with Gasteiger partial charge < -0.3 is 14.8 Å². The van der Waals surface area contributed by atoms with Crippen molar-refractivity contribution >= 4 is 10.1 Å². The third-order valence-corrected chi connectivity index (χ3v) is 2.72. The van der Waals surface area contributed by atoms with E-state index in [2.05, 4.69) is 0 Å². The molecule has 1 rings (SSSR count). The Bertz CT molecular complexity index is 344. The van der Waals surface area contributed by atoms with Gasteiger partial charge in [0.1, 0.15) is 15.9 Å². The number of rotatable bonds is 1. The molecule has 1 unspecified atom stereocenters. The van der Waals surface area contributed by atoms with Crippen molar-refractivity contribution in [1.82, 2.24) is 0 Å². The normalized spacial score (nSPS) is 27.7. The van der Waals surface area contributed by atoms with Gasteiger partial charge in [-0.1, -0.05) is 0 Å². The molecule has 1 aliphatic carbocycles. The molecule has 1 aliphatic rings. The van der Waals surface area contributed by atoms with Crippen LogP contribution in [0.25, 0.3) is 0 Å². The summed E-state index contributed by atoms with van der Waals surface area (Å²) in [7, 11) is -4.79. The number of aliphatic hydroxyl groups excluding tert-OH is 1. The first kappa shape index (κ1) is 13.2. The Morgan fingerprint density at radius 2 is 2.08 bits per heavy atom. The summed E-state index contributed by atoms with van der Waals surface area (Å²) in [6.45, 7) is 0. The number of aliphatic hydroxyl groups is 2. The first-order chi connectivity index (χ1) is 5.35. The van der Waals surface area contributed by atoms with Crippen molar-refractivity contribution in [2.24, 2.45) is 0 Å². The fourth-order valence-electron chi connectivity index (χ4n) is 0.788. The molecule has 0 spiro atoms. The van der Waals surface area contributed by atoms with Gasteiger partial charge in [0.25, 0.3) is 0 Å². The molecule has 0 aromatic heterocycles. The van der Waals surface area contributed by atoms with Crippen LogP contribution in [0.2, 0.25) is 0 Å². The fourth-order valence-corrected chi connectivity index (χ4v) is 1.31. The predicted octanol–water partition coefficient (Wildman–Crippen LogP) is -3.37. The van der Waals surface area contributed by atoms with E-state index < -0.39 is 21.5 Å². The van der Waals surface area contributed by atoms with Crippen LogP contribution in [0.3, 0.4) is 0 Å². The van der Waals surface area contributed by atoms with Crippen LogP contribution in [0.15, 0.2) is 24.0 Å². The second kappa shape index (κ2) is 4.12. The van der Waals surface area contributed by atoms with E-state index in [1.807, 2.05) is 0 Å². The molecule has 0 heterocycles. The van der Waals surface area contributed by atoms with Gasteiger partial charge >= 0.3 is 29.6 Å². The van der Waals surface area contributed by atoms with E-state index in [0.29, 0.717) is 0 Å². The topological polar surface area (TPSA) is 97.7 Å². The Labute approximate surface area is 97.8 Å². The van der Waals surface area contributed by atoms with Gasteiger partial charge in [0.2, 0.25) is 0 Å². The van der Waals surface area contributed by atoms with Gasteiger partial charge in [0, 0.05) is 6.42 Å². The summed E-state index contributed by atoms with van der Waals surface area (Å²) in [5.74, 6) is -0.164. The number of hydrogen-bond acceptors (Lipinski definition) is 5. The van der Waals surface area contributed by atoms with E-state index in [0.717, 1.165) is 18.2 Å². The Balaban J connectivity index is 0.00000144. The van der Waals surface area contributed by atoms with E-state index in [4.69, 9.17) is 5.11 Å². The molecule has 5 nitrogen and oxygen atoms in total. The zero-order valence-electron chi connectivity index (χ0n) is 6.97. The summed E-state index contributed by atoms with van der Waals surface area (Å²) in [6, 6.07) is 0.